The Kier molecular flexibility index (Phi) is 6.52. The van der Waals surface area contributed by atoms with Gasteiger partial charge in [-0.1, -0.05) is 0 Å². The van der Waals surface area contributed by atoms with E-state index in [2.05, 4.69) is 15.6 Å². The van der Waals surface area contributed by atoms with Crippen LogP contribution < -0.4 is 10.6 Å². The van der Waals surface area contributed by atoms with Crippen molar-refractivity contribution in [3.05, 3.63) is 29.6 Å². The summed E-state index contributed by atoms with van der Waals surface area (Å²) in [4.78, 5) is 25.7. The lowest BCUT2D eigenvalue weighted by Crippen LogP contribution is -2.29. The van der Waals surface area contributed by atoms with Crippen LogP contribution in [0.25, 0.3) is 0 Å². The Morgan fingerprint density at radius 3 is 3.05 bits per heavy atom. The molecule has 1 rings (SSSR count). The molecule has 1 unspecified atom stereocenters. The second-order valence-corrected chi connectivity index (χ2v) is 4.32. The van der Waals surface area contributed by atoms with Crippen molar-refractivity contribution in [2.24, 2.45) is 0 Å². The van der Waals surface area contributed by atoms with E-state index < -0.39 is 6.10 Å². The number of rotatable bonds is 8. The lowest BCUT2D eigenvalue weighted by Gasteiger charge is -2.10. The van der Waals surface area contributed by atoms with Crippen molar-refractivity contribution >= 4 is 12.3 Å². The Hall–Kier alpha value is -1.95. The summed E-state index contributed by atoms with van der Waals surface area (Å²) in [6, 6.07) is 3.78. The molecule has 6 heteroatoms. The quantitative estimate of drug-likeness (QED) is 0.452. The van der Waals surface area contributed by atoms with E-state index in [0.717, 1.165) is 11.3 Å². The van der Waals surface area contributed by atoms with Crippen LogP contribution in [0.1, 0.15) is 24.1 Å². The summed E-state index contributed by atoms with van der Waals surface area (Å²) in [6.07, 6.45) is 1.88. The summed E-state index contributed by atoms with van der Waals surface area (Å²) in [5.41, 5.74) is 1.87. The zero-order valence-electron chi connectivity index (χ0n) is 10.9. The number of aliphatic hydroxyl groups is 1. The number of amides is 2. The third-order valence-corrected chi connectivity index (χ3v) is 2.56. The minimum Gasteiger partial charge on any atom is -0.393 e. The van der Waals surface area contributed by atoms with Crippen LogP contribution in [-0.2, 0) is 16.1 Å². The van der Waals surface area contributed by atoms with Gasteiger partial charge < -0.3 is 15.7 Å². The smallest absolute Gasteiger partial charge is 0.222 e. The topological polar surface area (TPSA) is 91.3 Å². The van der Waals surface area contributed by atoms with Gasteiger partial charge in [0, 0.05) is 12.7 Å². The highest BCUT2D eigenvalue weighted by molar-refractivity contribution is 5.76. The summed E-state index contributed by atoms with van der Waals surface area (Å²) in [5, 5.41) is 14.7. The highest BCUT2D eigenvalue weighted by atomic mass is 16.3. The molecule has 1 atom stereocenters. The third kappa shape index (κ3) is 6.52. The SMILES string of the molecule is Cc1ccnc(CNC(=O)CC(O)CCNC=O)c1. The first-order valence-electron chi connectivity index (χ1n) is 6.15. The van der Waals surface area contributed by atoms with E-state index in [4.69, 9.17) is 0 Å². The average molecular weight is 265 g/mol. The minimum atomic E-state index is -0.752. The first-order valence-corrected chi connectivity index (χ1v) is 6.15. The van der Waals surface area contributed by atoms with Crippen molar-refractivity contribution in [1.29, 1.82) is 0 Å². The van der Waals surface area contributed by atoms with Crippen LogP contribution in [0.2, 0.25) is 0 Å². The molecule has 0 saturated heterocycles. The first-order chi connectivity index (χ1) is 9.11. The Bertz CT molecular complexity index is 423. The van der Waals surface area contributed by atoms with Crippen molar-refractivity contribution in [3.63, 3.8) is 0 Å². The summed E-state index contributed by atoms with van der Waals surface area (Å²) in [7, 11) is 0. The van der Waals surface area contributed by atoms with Gasteiger partial charge in [-0.3, -0.25) is 14.6 Å². The van der Waals surface area contributed by atoms with Gasteiger partial charge in [-0.05, 0) is 31.0 Å². The summed E-state index contributed by atoms with van der Waals surface area (Å²) in [5.74, 6) is -0.234. The molecular formula is C13H19N3O3. The average Bonchev–Trinajstić information content (AvgIpc) is 2.37. The number of nitrogens with zero attached hydrogens (tertiary/aromatic N) is 1. The van der Waals surface area contributed by atoms with Crippen LogP contribution >= 0.6 is 0 Å². The van der Waals surface area contributed by atoms with E-state index in [9.17, 15) is 14.7 Å². The zero-order valence-corrected chi connectivity index (χ0v) is 10.9. The van der Waals surface area contributed by atoms with Crippen molar-refractivity contribution in [1.82, 2.24) is 15.6 Å². The molecule has 0 bridgehead atoms. The summed E-state index contributed by atoms with van der Waals surface area (Å²) < 4.78 is 0. The number of carbonyl (C=O) groups is 2. The molecule has 3 N–H and O–H groups in total. The Balaban J connectivity index is 2.25. The molecule has 1 aromatic rings. The second kappa shape index (κ2) is 8.20. The molecule has 0 radical (unpaired) electrons. The maximum absolute atomic E-state index is 11.6. The van der Waals surface area contributed by atoms with E-state index in [1.54, 1.807) is 6.20 Å². The van der Waals surface area contributed by atoms with Gasteiger partial charge >= 0.3 is 0 Å². The number of hydrogen-bond acceptors (Lipinski definition) is 4. The van der Waals surface area contributed by atoms with Gasteiger partial charge in [0.2, 0.25) is 12.3 Å². The van der Waals surface area contributed by atoms with Crippen LogP contribution in [0.4, 0.5) is 0 Å². The molecule has 0 aromatic carbocycles. The maximum atomic E-state index is 11.6. The van der Waals surface area contributed by atoms with E-state index in [1.165, 1.54) is 0 Å². The summed E-state index contributed by atoms with van der Waals surface area (Å²) >= 11 is 0. The third-order valence-electron chi connectivity index (χ3n) is 2.56. The largest absolute Gasteiger partial charge is 0.393 e. The fraction of sp³-hybridized carbons (Fsp3) is 0.462. The van der Waals surface area contributed by atoms with Crippen LogP contribution in [-0.4, -0.2) is 35.1 Å². The van der Waals surface area contributed by atoms with Gasteiger partial charge in [0.15, 0.2) is 0 Å². The lowest BCUT2D eigenvalue weighted by atomic mass is 10.2. The normalized spacial score (nSPS) is 11.7. The molecule has 2 amide bonds. The van der Waals surface area contributed by atoms with E-state index in [0.29, 0.717) is 25.9 Å². The van der Waals surface area contributed by atoms with E-state index >= 15 is 0 Å². The monoisotopic (exact) mass is 265 g/mol. The number of aromatic nitrogens is 1. The van der Waals surface area contributed by atoms with Crippen molar-refractivity contribution < 1.29 is 14.7 Å². The number of aryl methyl sites for hydroxylation is 1. The molecular weight excluding hydrogens is 246 g/mol. The molecule has 0 aliphatic heterocycles. The maximum Gasteiger partial charge on any atom is 0.222 e. The molecule has 0 spiro atoms. The van der Waals surface area contributed by atoms with E-state index in [-0.39, 0.29) is 12.3 Å². The van der Waals surface area contributed by atoms with Gasteiger partial charge in [-0.15, -0.1) is 0 Å². The first kappa shape index (κ1) is 15.1. The zero-order chi connectivity index (χ0) is 14.1. The molecule has 6 nitrogen and oxygen atoms in total. The highest BCUT2D eigenvalue weighted by Gasteiger charge is 2.10. The Labute approximate surface area is 112 Å². The van der Waals surface area contributed by atoms with Gasteiger partial charge in [0.25, 0.3) is 0 Å². The van der Waals surface area contributed by atoms with Gasteiger partial charge in [0.05, 0.1) is 24.8 Å². The molecule has 0 aliphatic rings. The number of hydrogen-bond donors (Lipinski definition) is 3. The van der Waals surface area contributed by atoms with Crippen LogP contribution in [0.5, 0.6) is 0 Å². The molecule has 104 valence electrons. The lowest BCUT2D eigenvalue weighted by molar-refractivity contribution is -0.123. The molecule has 19 heavy (non-hydrogen) atoms. The molecule has 0 fully saturated rings. The number of aliphatic hydroxyl groups excluding tert-OH is 1. The number of pyridine rings is 1. The predicted molar refractivity (Wildman–Crippen MR) is 70.1 cm³/mol. The molecule has 1 aromatic heterocycles. The number of carbonyl (C=O) groups excluding carboxylic acids is 2. The van der Waals surface area contributed by atoms with Crippen LogP contribution in [0, 0.1) is 6.92 Å². The Morgan fingerprint density at radius 1 is 1.58 bits per heavy atom. The highest BCUT2D eigenvalue weighted by Crippen LogP contribution is 2.01. The van der Waals surface area contributed by atoms with Crippen molar-refractivity contribution in [2.75, 3.05) is 6.54 Å². The predicted octanol–water partition coefficient (Wildman–Crippen LogP) is -0.107. The van der Waals surface area contributed by atoms with E-state index in [1.807, 2.05) is 19.1 Å². The van der Waals surface area contributed by atoms with Crippen LogP contribution in [0.15, 0.2) is 18.3 Å². The second-order valence-electron chi connectivity index (χ2n) is 4.32. The Morgan fingerprint density at radius 2 is 2.37 bits per heavy atom. The molecule has 0 saturated carbocycles. The fourth-order valence-corrected chi connectivity index (χ4v) is 1.58. The fourth-order valence-electron chi connectivity index (χ4n) is 1.58. The van der Waals surface area contributed by atoms with Gasteiger partial charge in [-0.25, -0.2) is 0 Å². The minimum absolute atomic E-state index is 0.0202. The molecule has 1 heterocycles. The molecule has 0 aliphatic carbocycles. The van der Waals surface area contributed by atoms with Crippen molar-refractivity contribution in [3.8, 4) is 0 Å². The van der Waals surface area contributed by atoms with Gasteiger partial charge in [0.1, 0.15) is 0 Å². The number of nitrogens with one attached hydrogen (secondary N) is 2. The van der Waals surface area contributed by atoms with Gasteiger partial charge in [-0.2, -0.15) is 0 Å². The van der Waals surface area contributed by atoms with Crippen LogP contribution in [0.3, 0.4) is 0 Å². The standard InChI is InChI=1S/C13H19N3O3/c1-10-2-5-15-11(6-10)8-16-13(19)7-12(18)3-4-14-9-17/h2,5-6,9,12,18H,3-4,7-8H2,1H3,(H,14,17)(H,16,19). The van der Waals surface area contributed by atoms with Crippen molar-refractivity contribution in [2.45, 2.75) is 32.4 Å². The summed E-state index contributed by atoms with van der Waals surface area (Å²) in [6.45, 7) is 2.66.